The van der Waals surface area contributed by atoms with Crippen LogP contribution in [0.1, 0.15) is 42.7 Å². The number of rotatable bonds is 5. The number of aromatic nitrogens is 2. The molecule has 0 saturated heterocycles. The van der Waals surface area contributed by atoms with Gasteiger partial charge in [0.2, 0.25) is 11.0 Å². The Bertz CT molecular complexity index is 1190. The number of carbonyl (C=O) groups is 2. The van der Waals surface area contributed by atoms with Gasteiger partial charge in [0.15, 0.2) is 3.95 Å². The maximum atomic E-state index is 12.8. The molecule has 1 fully saturated rings. The average molecular weight is 481 g/mol. The lowest BCUT2D eigenvalue weighted by molar-refractivity contribution is -0.121. The monoisotopic (exact) mass is 480 g/mol. The van der Waals surface area contributed by atoms with Gasteiger partial charge in [0.1, 0.15) is 6.61 Å². The molecular weight excluding hydrogens is 456 g/mol. The van der Waals surface area contributed by atoms with E-state index in [2.05, 4.69) is 45.1 Å². The molecule has 0 radical (unpaired) electrons. The number of hydrogen-bond acceptors (Lipinski definition) is 6. The number of nitrogens with one attached hydrogen (secondary N) is 3. The van der Waals surface area contributed by atoms with Crippen LogP contribution in [0.2, 0.25) is 0 Å². The topological polar surface area (TPSA) is 96.1 Å². The van der Waals surface area contributed by atoms with E-state index in [1.54, 1.807) is 0 Å². The van der Waals surface area contributed by atoms with E-state index in [0.717, 1.165) is 19.3 Å². The predicted octanol–water partition coefficient (Wildman–Crippen LogP) is 5.24. The molecule has 33 heavy (non-hydrogen) atoms. The van der Waals surface area contributed by atoms with Crippen LogP contribution in [0.5, 0.6) is 0 Å². The summed E-state index contributed by atoms with van der Waals surface area (Å²) in [7, 11) is 0. The van der Waals surface area contributed by atoms with Crippen LogP contribution in [-0.4, -0.2) is 34.8 Å². The van der Waals surface area contributed by atoms with Crippen molar-refractivity contribution in [1.29, 1.82) is 0 Å². The van der Waals surface area contributed by atoms with Gasteiger partial charge < -0.3 is 15.4 Å². The second-order valence-corrected chi connectivity index (χ2v) is 10.0. The summed E-state index contributed by atoms with van der Waals surface area (Å²) in [5.41, 5.74) is 4.71. The lowest BCUT2D eigenvalue weighted by Crippen LogP contribution is -2.47. The minimum Gasteiger partial charge on any atom is -0.449 e. The Morgan fingerprint density at radius 2 is 1.73 bits per heavy atom. The zero-order valence-corrected chi connectivity index (χ0v) is 19.5. The molecule has 3 N–H and O–H groups in total. The first kappa shape index (κ1) is 21.8. The largest absolute Gasteiger partial charge is 0.449 e. The van der Waals surface area contributed by atoms with Gasteiger partial charge in [-0.25, -0.2) is 4.79 Å². The molecule has 0 aliphatic heterocycles. The van der Waals surface area contributed by atoms with Crippen molar-refractivity contribution in [3.05, 3.63) is 63.6 Å². The number of hydrogen-bond donors (Lipinski definition) is 3. The molecule has 170 valence electrons. The van der Waals surface area contributed by atoms with Gasteiger partial charge in [0.25, 0.3) is 0 Å². The summed E-state index contributed by atoms with van der Waals surface area (Å²) in [5, 5.41) is 12.8. The Morgan fingerprint density at radius 3 is 2.39 bits per heavy atom. The summed E-state index contributed by atoms with van der Waals surface area (Å²) in [6, 6.07) is 16.2. The number of ether oxygens (including phenoxy) is 1. The lowest BCUT2D eigenvalue weighted by Gasteiger charge is -2.30. The Balaban J connectivity index is 1.23. The van der Waals surface area contributed by atoms with Crippen molar-refractivity contribution in [3.63, 3.8) is 0 Å². The van der Waals surface area contributed by atoms with Crippen molar-refractivity contribution < 1.29 is 14.3 Å². The summed E-state index contributed by atoms with van der Waals surface area (Å²) in [6.45, 7) is 0.250. The first-order valence-electron chi connectivity index (χ1n) is 11.1. The average Bonchev–Trinajstić information content (AvgIpc) is 3.38. The fourth-order valence-corrected chi connectivity index (χ4v) is 5.68. The van der Waals surface area contributed by atoms with Crippen LogP contribution in [-0.2, 0) is 9.53 Å². The van der Waals surface area contributed by atoms with Crippen LogP contribution in [0.3, 0.4) is 0 Å². The number of nitrogens with zero attached hydrogens (tertiary/aromatic N) is 1. The van der Waals surface area contributed by atoms with Crippen LogP contribution >= 0.6 is 23.6 Å². The van der Waals surface area contributed by atoms with Gasteiger partial charge in [-0.05, 0) is 47.3 Å². The van der Waals surface area contributed by atoms with Crippen molar-refractivity contribution in [3.8, 4) is 11.1 Å². The summed E-state index contributed by atoms with van der Waals surface area (Å²) >= 11 is 6.23. The molecule has 3 aromatic rings. The van der Waals surface area contributed by atoms with Crippen LogP contribution in [0.25, 0.3) is 11.1 Å². The summed E-state index contributed by atoms with van der Waals surface area (Å²) in [5.74, 6) is -0.490. The molecule has 2 atom stereocenters. The predicted molar refractivity (Wildman–Crippen MR) is 130 cm³/mol. The highest BCUT2D eigenvalue weighted by Gasteiger charge is 2.34. The van der Waals surface area contributed by atoms with Gasteiger partial charge in [-0.1, -0.05) is 72.7 Å². The number of anilines is 1. The van der Waals surface area contributed by atoms with Crippen LogP contribution in [0.4, 0.5) is 9.93 Å². The van der Waals surface area contributed by atoms with Crippen molar-refractivity contribution in [2.45, 2.75) is 37.6 Å². The van der Waals surface area contributed by atoms with Crippen LogP contribution in [0.15, 0.2) is 48.5 Å². The van der Waals surface area contributed by atoms with E-state index in [4.69, 9.17) is 17.0 Å². The van der Waals surface area contributed by atoms with Gasteiger partial charge in [-0.15, -0.1) is 5.10 Å². The minimum absolute atomic E-state index is 0.00217. The summed E-state index contributed by atoms with van der Waals surface area (Å²) in [6.07, 6.45) is 2.85. The van der Waals surface area contributed by atoms with Crippen molar-refractivity contribution in [2.24, 2.45) is 5.92 Å². The number of aromatic amines is 1. The molecule has 0 bridgehead atoms. The zero-order chi connectivity index (χ0) is 22.8. The van der Waals surface area contributed by atoms with Crippen LogP contribution < -0.4 is 10.6 Å². The number of amides is 2. The fraction of sp³-hybridized carbons (Fsp3) is 0.333. The molecule has 9 heteroatoms. The molecule has 2 aliphatic rings. The van der Waals surface area contributed by atoms with Gasteiger partial charge in [0.05, 0.1) is 5.92 Å². The second kappa shape index (κ2) is 9.44. The molecule has 1 heterocycles. The van der Waals surface area contributed by atoms with Gasteiger partial charge in [0, 0.05) is 12.0 Å². The lowest BCUT2D eigenvalue weighted by atomic mass is 9.84. The molecular formula is C24H24N4O3S2. The maximum Gasteiger partial charge on any atom is 0.407 e. The summed E-state index contributed by atoms with van der Waals surface area (Å²) in [4.78, 5) is 25.6. The van der Waals surface area contributed by atoms with E-state index in [-0.39, 0.29) is 30.4 Å². The number of alkyl carbamates (subject to hydrolysis) is 1. The normalized spacial score (nSPS) is 19.4. The minimum atomic E-state index is -0.489. The number of fused-ring (bicyclic) bond motifs is 3. The van der Waals surface area contributed by atoms with E-state index < -0.39 is 6.09 Å². The van der Waals surface area contributed by atoms with E-state index in [1.807, 2.05) is 24.3 Å². The van der Waals surface area contributed by atoms with Crippen LogP contribution in [0, 0.1) is 9.87 Å². The van der Waals surface area contributed by atoms with Crippen molar-refractivity contribution in [1.82, 2.24) is 15.5 Å². The highest BCUT2D eigenvalue weighted by Crippen LogP contribution is 2.44. The van der Waals surface area contributed by atoms with Gasteiger partial charge >= 0.3 is 6.09 Å². The highest BCUT2D eigenvalue weighted by atomic mass is 32.1. The van der Waals surface area contributed by atoms with E-state index in [1.165, 1.54) is 33.6 Å². The second-order valence-electron chi connectivity index (χ2n) is 8.37. The van der Waals surface area contributed by atoms with E-state index in [0.29, 0.717) is 15.5 Å². The number of H-pyrrole nitrogens is 1. The maximum absolute atomic E-state index is 12.8. The van der Waals surface area contributed by atoms with E-state index >= 15 is 0 Å². The molecule has 7 nitrogen and oxygen atoms in total. The summed E-state index contributed by atoms with van der Waals surface area (Å²) < 4.78 is 6.18. The molecule has 0 unspecified atom stereocenters. The van der Waals surface area contributed by atoms with E-state index in [9.17, 15) is 9.59 Å². The first-order valence-corrected chi connectivity index (χ1v) is 12.3. The third-order valence-corrected chi connectivity index (χ3v) is 7.42. The number of benzene rings is 2. The Hall–Kier alpha value is -3.04. The molecule has 2 amide bonds. The highest BCUT2D eigenvalue weighted by molar-refractivity contribution is 7.73. The molecule has 2 aromatic carbocycles. The standard InChI is InChI=1S/C24H24N4O3S2/c29-21(26-22-27-28-24(32)33-22)18-11-5-6-12-20(18)25-23(30)31-13-19-16-9-3-1-7-14(16)15-8-2-4-10-17(15)19/h1-4,7-10,18-20H,5-6,11-13H2,(H,25,30)(H,28,32)(H,26,27,29)/t18-,20+/m1/s1. The smallest absolute Gasteiger partial charge is 0.407 e. The number of carbonyl (C=O) groups excluding carboxylic acids is 2. The van der Waals surface area contributed by atoms with Crippen molar-refractivity contribution in [2.75, 3.05) is 11.9 Å². The third kappa shape index (κ3) is 4.56. The van der Waals surface area contributed by atoms with Crippen molar-refractivity contribution >= 4 is 40.7 Å². The first-order chi connectivity index (χ1) is 16.1. The van der Waals surface area contributed by atoms with Gasteiger partial charge in [-0.3, -0.25) is 9.89 Å². The molecule has 1 saturated carbocycles. The molecule has 2 aliphatic carbocycles. The zero-order valence-electron chi connectivity index (χ0n) is 17.9. The quantitative estimate of drug-likeness (QED) is 0.434. The molecule has 1 aromatic heterocycles. The Kier molecular flexibility index (Phi) is 6.24. The molecule has 0 spiro atoms. The Morgan fingerprint density at radius 1 is 1.06 bits per heavy atom. The third-order valence-electron chi connectivity index (χ3n) is 6.42. The van der Waals surface area contributed by atoms with Gasteiger partial charge in [-0.2, -0.15) is 0 Å². The fourth-order valence-electron chi connectivity index (χ4n) is 4.89. The SMILES string of the molecule is O=C(N[C@H]1CCCC[C@H]1C(=O)Nc1n[nH]c(=S)s1)OCC1c2ccccc2-c2ccccc21. The Labute approximate surface area is 200 Å². The molecule has 5 rings (SSSR count).